The number of hydrogen-bond donors (Lipinski definition) is 0. The average Bonchev–Trinajstić information content (AvgIpc) is 2.89. The standard InChI is InChI=1S/C13H12ClF4NO/c14-11(12(20)19-5-1-2-6-19)9-4-3-8(15)7-10(9)13(16,17)18/h3-4,7,11H,1-2,5-6H2. The molecular formula is C13H12ClF4NO. The van der Waals surface area contributed by atoms with Crippen molar-refractivity contribution < 1.29 is 22.4 Å². The number of rotatable bonds is 2. The third-order valence-corrected chi connectivity index (χ3v) is 3.65. The van der Waals surface area contributed by atoms with Crippen LogP contribution in [0, 0.1) is 5.82 Å². The van der Waals surface area contributed by atoms with E-state index in [1.54, 1.807) is 0 Å². The Morgan fingerprint density at radius 1 is 1.25 bits per heavy atom. The van der Waals surface area contributed by atoms with Crippen molar-refractivity contribution in [3.05, 3.63) is 35.1 Å². The Kier molecular flexibility index (Phi) is 4.22. The Balaban J connectivity index is 2.34. The van der Waals surface area contributed by atoms with Crippen LogP contribution in [-0.2, 0) is 11.0 Å². The minimum Gasteiger partial charge on any atom is -0.341 e. The highest BCUT2D eigenvalue weighted by molar-refractivity contribution is 6.30. The fourth-order valence-corrected chi connectivity index (χ4v) is 2.55. The molecule has 0 N–H and O–H groups in total. The molecule has 0 bridgehead atoms. The van der Waals surface area contributed by atoms with Gasteiger partial charge in [-0.1, -0.05) is 6.07 Å². The van der Waals surface area contributed by atoms with Gasteiger partial charge < -0.3 is 4.90 Å². The third kappa shape index (κ3) is 3.06. The van der Waals surface area contributed by atoms with E-state index in [-0.39, 0.29) is 0 Å². The molecule has 1 aromatic carbocycles. The maximum Gasteiger partial charge on any atom is 0.416 e. The molecule has 0 aliphatic carbocycles. The van der Waals surface area contributed by atoms with E-state index < -0.39 is 34.4 Å². The van der Waals surface area contributed by atoms with Crippen molar-refractivity contribution in [2.45, 2.75) is 24.4 Å². The van der Waals surface area contributed by atoms with E-state index in [9.17, 15) is 22.4 Å². The number of alkyl halides is 4. The number of nitrogens with zero attached hydrogens (tertiary/aromatic N) is 1. The van der Waals surface area contributed by atoms with E-state index in [4.69, 9.17) is 11.6 Å². The zero-order valence-corrected chi connectivity index (χ0v) is 11.1. The number of hydrogen-bond acceptors (Lipinski definition) is 1. The summed E-state index contributed by atoms with van der Waals surface area (Å²) in [5, 5.41) is -1.45. The second kappa shape index (κ2) is 5.60. The predicted octanol–water partition coefficient (Wildman–Crippen LogP) is 3.75. The molecule has 2 nitrogen and oxygen atoms in total. The zero-order chi connectivity index (χ0) is 14.9. The molecule has 1 atom stereocenters. The van der Waals surface area contributed by atoms with Gasteiger partial charge in [-0.05, 0) is 30.5 Å². The maximum absolute atomic E-state index is 13.0. The van der Waals surface area contributed by atoms with Crippen molar-refractivity contribution in [1.82, 2.24) is 4.90 Å². The van der Waals surface area contributed by atoms with Crippen LogP contribution >= 0.6 is 11.6 Å². The first kappa shape index (κ1) is 15.1. The molecule has 20 heavy (non-hydrogen) atoms. The van der Waals surface area contributed by atoms with Gasteiger partial charge in [-0.2, -0.15) is 13.2 Å². The third-order valence-electron chi connectivity index (χ3n) is 3.23. The van der Waals surface area contributed by atoms with Gasteiger partial charge in [0, 0.05) is 13.1 Å². The van der Waals surface area contributed by atoms with Crippen LogP contribution in [0.5, 0.6) is 0 Å². The molecule has 0 aromatic heterocycles. The highest BCUT2D eigenvalue weighted by Gasteiger charge is 2.38. The lowest BCUT2D eigenvalue weighted by Gasteiger charge is -2.21. The van der Waals surface area contributed by atoms with Crippen molar-refractivity contribution >= 4 is 17.5 Å². The molecule has 1 aliphatic heterocycles. The van der Waals surface area contributed by atoms with Crippen LogP contribution in [0.1, 0.15) is 29.3 Å². The summed E-state index contributed by atoms with van der Waals surface area (Å²) in [4.78, 5) is 13.5. The van der Waals surface area contributed by atoms with Gasteiger partial charge in [0.1, 0.15) is 11.2 Å². The van der Waals surface area contributed by atoms with Crippen LogP contribution in [0.15, 0.2) is 18.2 Å². The van der Waals surface area contributed by atoms with Crippen molar-refractivity contribution in [2.75, 3.05) is 13.1 Å². The second-order valence-corrected chi connectivity index (χ2v) is 5.06. The molecule has 0 radical (unpaired) electrons. The predicted molar refractivity (Wildman–Crippen MR) is 65.8 cm³/mol. The average molecular weight is 310 g/mol. The first-order valence-electron chi connectivity index (χ1n) is 6.10. The van der Waals surface area contributed by atoms with Crippen LogP contribution in [-0.4, -0.2) is 23.9 Å². The minimum atomic E-state index is -4.75. The van der Waals surface area contributed by atoms with Crippen molar-refractivity contribution in [2.24, 2.45) is 0 Å². The van der Waals surface area contributed by atoms with Gasteiger partial charge >= 0.3 is 6.18 Å². The van der Waals surface area contributed by atoms with Crippen molar-refractivity contribution in [3.8, 4) is 0 Å². The number of halogens is 5. The first-order valence-corrected chi connectivity index (χ1v) is 6.54. The lowest BCUT2D eigenvalue weighted by atomic mass is 10.0. The summed E-state index contributed by atoms with van der Waals surface area (Å²) in [6.07, 6.45) is -3.13. The van der Waals surface area contributed by atoms with Crippen LogP contribution in [0.3, 0.4) is 0 Å². The SMILES string of the molecule is O=C(C(Cl)c1ccc(F)cc1C(F)(F)F)N1CCCC1. The summed E-state index contributed by atoms with van der Waals surface area (Å²) in [6.45, 7) is 0.981. The number of carbonyl (C=O) groups is 1. The van der Waals surface area contributed by atoms with Crippen molar-refractivity contribution in [1.29, 1.82) is 0 Å². The highest BCUT2D eigenvalue weighted by atomic mass is 35.5. The summed E-state index contributed by atoms with van der Waals surface area (Å²) in [5.41, 5.74) is -1.61. The number of likely N-dealkylation sites (tertiary alicyclic amines) is 1. The molecule has 1 saturated heterocycles. The highest BCUT2D eigenvalue weighted by Crippen LogP contribution is 2.38. The Morgan fingerprint density at radius 3 is 2.40 bits per heavy atom. The van der Waals surface area contributed by atoms with Gasteiger partial charge in [-0.3, -0.25) is 4.79 Å². The van der Waals surface area contributed by atoms with Crippen LogP contribution in [0.2, 0.25) is 0 Å². The fourth-order valence-electron chi connectivity index (χ4n) is 2.23. The zero-order valence-electron chi connectivity index (χ0n) is 10.4. The lowest BCUT2D eigenvalue weighted by molar-refractivity contribution is -0.139. The normalized spacial score (nSPS) is 17.4. The molecule has 1 heterocycles. The summed E-state index contributed by atoms with van der Waals surface area (Å²) in [6, 6.07) is 2.16. The van der Waals surface area contributed by atoms with E-state index in [1.165, 1.54) is 4.90 Å². The van der Waals surface area contributed by atoms with Crippen LogP contribution in [0.4, 0.5) is 17.6 Å². The van der Waals surface area contributed by atoms with Gasteiger partial charge in [-0.15, -0.1) is 11.6 Å². The topological polar surface area (TPSA) is 20.3 Å². The Bertz CT molecular complexity index is 512. The van der Waals surface area contributed by atoms with Gasteiger partial charge in [0.15, 0.2) is 0 Å². The lowest BCUT2D eigenvalue weighted by Crippen LogP contribution is -2.31. The number of amides is 1. The first-order chi connectivity index (χ1) is 9.30. The maximum atomic E-state index is 13.0. The van der Waals surface area contributed by atoms with E-state index in [2.05, 4.69) is 0 Å². The van der Waals surface area contributed by atoms with Gasteiger partial charge in [0.2, 0.25) is 5.91 Å². The molecule has 0 spiro atoms. The molecule has 7 heteroatoms. The smallest absolute Gasteiger partial charge is 0.341 e. The molecular weight excluding hydrogens is 298 g/mol. The minimum absolute atomic E-state index is 0.363. The molecule has 1 aromatic rings. The Morgan fingerprint density at radius 2 is 1.85 bits per heavy atom. The van der Waals surface area contributed by atoms with Gasteiger partial charge in [-0.25, -0.2) is 4.39 Å². The summed E-state index contributed by atoms with van der Waals surface area (Å²) in [7, 11) is 0. The molecule has 1 unspecified atom stereocenters. The summed E-state index contributed by atoms with van der Waals surface area (Å²) >= 11 is 5.89. The van der Waals surface area contributed by atoms with E-state index in [0.717, 1.165) is 25.0 Å². The van der Waals surface area contributed by atoms with Crippen molar-refractivity contribution in [3.63, 3.8) is 0 Å². The summed E-state index contributed by atoms with van der Waals surface area (Å²) < 4.78 is 51.6. The summed E-state index contributed by atoms with van der Waals surface area (Å²) in [5.74, 6) is -1.58. The van der Waals surface area contributed by atoms with Crippen LogP contribution < -0.4 is 0 Å². The van der Waals surface area contributed by atoms with E-state index in [0.29, 0.717) is 19.2 Å². The van der Waals surface area contributed by atoms with Gasteiger partial charge in [0.05, 0.1) is 5.56 Å². The Labute approximate surface area is 118 Å². The number of benzene rings is 1. The van der Waals surface area contributed by atoms with E-state index >= 15 is 0 Å². The van der Waals surface area contributed by atoms with Gasteiger partial charge in [0.25, 0.3) is 0 Å². The quantitative estimate of drug-likeness (QED) is 0.602. The molecule has 1 aliphatic rings. The molecule has 2 rings (SSSR count). The molecule has 1 fully saturated rings. The van der Waals surface area contributed by atoms with E-state index in [1.807, 2.05) is 0 Å². The second-order valence-electron chi connectivity index (χ2n) is 4.62. The fraction of sp³-hybridized carbons (Fsp3) is 0.462. The largest absolute Gasteiger partial charge is 0.416 e. The monoisotopic (exact) mass is 309 g/mol. The number of carbonyl (C=O) groups excluding carboxylic acids is 1. The molecule has 1 amide bonds. The molecule has 110 valence electrons. The molecule has 0 saturated carbocycles. The Hall–Kier alpha value is -1.30. The van der Waals surface area contributed by atoms with Crippen LogP contribution in [0.25, 0.3) is 0 Å².